The SMILES string of the molecule is CCNS(=O)(=O)c1ccc(NC(=O)C2CC(=O)N(c3ccc(OCC)cc3)C2)cc1. The summed E-state index contributed by atoms with van der Waals surface area (Å²) in [4.78, 5) is 26.7. The van der Waals surface area contributed by atoms with E-state index >= 15 is 0 Å². The van der Waals surface area contributed by atoms with E-state index < -0.39 is 15.9 Å². The molecule has 1 saturated heterocycles. The largest absolute Gasteiger partial charge is 0.494 e. The highest BCUT2D eigenvalue weighted by Gasteiger charge is 2.35. The molecular weight excluding hydrogens is 406 g/mol. The van der Waals surface area contributed by atoms with Gasteiger partial charge in [0, 0.05) is 30.9 Å². The lowest BCUT2D eigenvalue weighted by atomic mass is 10.1. The molecule has 0 aliphatic carbocycles. The van der Waals surface area contributed by atoms with E-state index in [1.165, 1.54) is 24.3 Å². The number of hydrogen-bond acceptors (Lipinski definition) is 5. The Morgan fingerprint density at radius 2 is 1.77 bits per heavy atom. The minimum absolute atomic E-state index is 0.117. The molecule has 0 bridgehead atoms. The van der Waals surface area contributed by atoms with Crippen molar-refractivity contribution in [2.24, 2.45) is 5.92 Å². The molecular formula is C21H25N3O5S. The summed E-state index contributed by atoms with van der Waals surface area (Å²) in [6.45, 7) is 4.74. The second-order valence-electron chi connectivity index (χ2n) is 6.85. The van der Waals surface area contributed by atoms with E-state index in [1.54, 1.807) is 36.1 Å². The lowest BCUT2D eigenvalue weighted by Crippen LogP contribution is -2.28. The van der Waals surface area contributed by atoms with Gasteiger partial charge < -0.3 is 15.0 Å². The van der Waals surface area contributed by atoms with E-state index in [1.807, 2.05) is 6.92 Å². The molecule has 0 spiro atoms. The quantitative estimate of drug-likeness (QED) is 0.668. The number of hydrogen-bond donors (Lipinski definition) is 2. The lowest BCUT2D eigenvalue weighted by molar-refractivity contribution is -0.122. The third-order valence-electron chi connectivity index (χ3n) is 4.72. The second-order valence-corrected chi connectivity index (χ2v) is 8.61. The molecule has 2 aromatic carbocycles. The van der Waals surface area contributed by atoms with Crippen molar-refractivity contribution in [3.63, 3.8) is 0 Å². The number of carbonyl (C=O) groups is 2. The van der Waals surface area contributed by atoms with E-state index in [0.717, 1.165) is 11.4 Å². The van der Waals surface area contributed by atoms with E-state index in [4.69, 9.17) is 4.74 Å². The lowest BCUT2D eigenvalue weighted by Gasteiger charge is -2.17. The smallest absolute Gasteiger partial charge is 0.240 e. The minimum Gasteiger partial charge on any atom is -0.494 e. The predicted octanol–water partition coefficient (Wildman–Crippen LogP) is 2.38. The van der Waals surface area contributed by atoms with Gasteiger partial charge >= 0.3 is 0 Å². The number of amides is 2. The van der Waals surface area contributed by atoms with Crippen LogP contribution in [-0.2, 0) is 19.6 Å². The average Bonchev–Trinajstić information content (AvgIpc) is 3.11. The normalized spacial score (nSPS) is 16.5. The van der Waals surface area contributed by atoms with Crippen LogP contribution < -0.4 is 19.7 Å². The number of ether oxygens (including phenoxy) is 1. The summed E-state index contributed by atoms with van der Waals surface area (Å²) in [7, 11) is -3.55. The molecule has 0 radical (unpaired) electrons. The molecule has 1 atom stereocenters. The third-order valence-corrected chi connectivity index (χ3v) is 6.28. The van der Waals surface area contributed by atoms with Crippen LogP contribution >= 0.6 is 0 Å². The summed E-state index contributed by atoms with van der Waals surface area (Å²) >= 11 is 0. The van der Waals surface area contributed by atoms with Crippen LogP contribution in [0.5, 0.6) is 5.75 Å². The first-order valence-electron chi connectivity index (χ1n) is 9.78. The van der Waals surface area contributed by atoms with E-state index in [-0.39, 0.29) is 29.7 Å². The Morgan fingerprint density at radius 3 is 2.37 bits per heavy atom. The maximum absolute atomic E-state index is 12.6. The van der Waals surface area contributed by atoms with Gasteiger partial charge in [-0.05, 0) is 55.5 Å². The van der Waals surface area contributed by atoms with Gasteiger partial charge in [-0.15, -0.1) is 0 Å². The van der Waals surface area contributed by atoms with Crippen molar-refractivity contribution in [2.45, 2.75) is 25.2 Å². The first-order valence-corrected chi connectivity index (χ1v) is 11.3. The number of nitrogens with one attached hydrogen (secondary N) is 2. The highest BCUT2D eigenvalue weighted by atomic mass is 32.2. The molecule has 1 heterocycles. The molecule has 2 N–H and O–H groups in total. The fourth-order valence-corrected chi connectivity index (χ4v) is 4.30. The number of nitrogens with zero attached hydrogens (tertiary/aromatic N) is 1. The van der Waals surface area contributed by atoms with Crippen molar-refractivity contribution in [3.05, 3.63) is 48.5 Å². The van der Waals surface area contributed by atoms with Gasteiger partial charge in [0.25, 0.3) is 0 Å². The summed E-state index contributed by atoms with van der Waals surface area (Å²) in [5.74, 6) is -0.165. The molecule has 0 aromatic heterocycles. The Morgan fingerprint density at radius 1 is 1.10 bits per heavy atom. The predicted molar refractivity (Wildman–Crippen MR) is 114 cm³/mol. The highest BCUT2D eigenvalue weighted by Crippen LogP contribution is 2.28. The summed E-state index contributed by atoms with van der Waals surface area (Å²) in [5.41, 5.74) is 1.19. The van der Waals surface area contributed by atoms with E-state index in [0.29, 0.717) is 18.8 Å². The molecule has 3 rings (SSSR count). The van der Waals surface area contributed by atoms with Crippen LogP contribution in [0.4, 0.5) is 11.4 Å². The Kier molecular flexibility index (Phi) is 6.73. The number of carbonyl (C=O) groups excluding carboxylic acids is 2. The van der Waals surface area contributed by atoms with Gasteiger partial charge in [-0.25, -0.2) is 13.1 Å². The van der Waals surface area contributed by atoms with Crippen molar-refractivity contribution in [1.82, 2.24) is 4.72 Å². The summed E-state index contributed by atoms with van der Waals surface area (Å²) in [6.07, 6.45) is 0.117. The monoisotopic (exact) mass is 431 g/mol. The van der Waals surface area contributed by atoms with Crippen molar-refractivity contribution >= 4 is 33.2 Å². The molecule has 160 valence electrons. The number of anilines is 2. The van der Waals surface area contributed by atoms with Crippen LogP contribution in [0.3, 0.4) is 0 Å². The first-order chi connectivity index (χ1) is 14.3. The van der Waals surface area contributed by atoms with Crippen molar-refractivity contribution in [1.29, 1.82) is 0 Å². The highest BCUT2D eigenvalue weighted by molar-refractivity contribution is 7.89. The number of benzene rings is 2. The van der Waals surface area contributed by atoms with Crippen LogP contribution in [0.25, 0.3) is 0 Å². The zero-order chi connectivity index (χ0) is 21.7. The third kappa shape index (κ3) is 4.98. The van der Waals surface area contributed by atoms with Gasteiger partial charge in [-0.1, -0.05) is 6.92 Å². The second kappa shape index (κ2) is 9.27. The van der Waals surface area contributed by atoms with Gasteiger partial charge in [0.05, 0.1) is 17.4 Å². The molecule has 30 heavy (non-hydrogen) atoms. The fraction of sp³-hybridized carbons (Fsp3) is 0.333. The Hall–Kier alpha value is -2.91. The van der Waals surface area contributed by atoms with Gasteiger partial charge in [0.2, 0.25) is 21.8 Å². The van der Waals surface area contributed by atoms with Crippen molar-refractivity contribution < 1.29 is 22.7 Å². The van der Waals surface area contributed by atoms with Crippen LogP contribution in [0, 0.1) is 5.92 Å². The average molecular weight is 432 g/mol. The number of rotatable bonds is 8. The molecule has 0 saturated carbocycles. The summed E-state index contributed by atoms with van der Waals surface area (Å²) < 4.78 is 31.8. The standard InChI is InChI=1S/C21H25N3O5S/c1-3-22-30(27,28)19-11-5-16(6-12-19)23-21(26)15-13-20(25)24(14-15)17-7-9-18(10-8-17)29-4-2/h5-12,15,22H,3-4,13-14H2,1-2H3,(H,23,26). The molecule has 8 nitrogen and oxygen atoms in total. The van der Waals surface area contributed by atoms with Crippen molar-refractivity contribution in [2.75, 3.05) is 29.9 Å². The summed E-state index contributed by atoms with van der Waals surface area (Å²) in [6, 6.07) is 13.1. The van der Waals surface area contributed by atoms with Crippen molar-refractivity contribution in [3.8, 4) is 5.75 Å². The molecule has 1 fully saturated rings. The maximum atomic E-state index is 12.6. The molecule has 2 aromatic rings. The minimum atomic E-state index is -3.55. The Bertz CT molecular complexity index is 1000. The van der Waals surface area contributed by atoms with Gasteiger partial charge in [0.15, 0.2) is 0 Å². The molecule has 1 aliphatic heterocycles. The van der Waals surface area contributed by atoms with Crippen LogP contribution in [-0.4, -0.2) is 39.9 Å². The van der Waals surface area contributed by atoms with Crippen LogP contribution in [0.2, 0.25) is 0 Å². The zero-order valence-corrected chi connectivity index (χ0v) is 17.7. The van der Waals surface area contributed by atoms with Crippen LogP contribution in [0.1, 0.15) is 20.3 Å². The van der Waals surface area contributed by atoms with Gasteiger partial charge in [-0.3, -0.25) is 9.59 Å². The molecule has 9 heteroatoms. The Labute approximate surface area is 176 Å². The topological polar surface area (TPSA) is 105 Å². The zero-order valence-electron chi connectivity index (χ0n) is 16.9. The fourth-order valence-electron chi connectivity index (χ4n) is 3.26. The van der Waals surface area contributed by atoms with Gasteiger partial charge in [0.1, 0.15) is 5.75 Å². The maximum Gasteiger partial charge on any atom is 0.240 e. The van der Waals surface area contributed by atoms with Crippen LogP contribution in [0.15, 0.2) is 53.4 Å². The molecule has 1 unspecified atom stereocenters. The summed E-state index contributed by atoms with van der Waals surface area (Å²) in [5, 5.41) is 2.76. The van der Waals surface area contributed by atoms with Gasteiger partial charge in [-0.2, -0.15) is 0 Å². The molecule has 1 aliphatic rings. The Balaban J connectivity index is 1.63. The van der Waals surface area contributed by atoms with E-state index in [2.05, 4.69) is 10.0 Å². The molecule has 2 amide bonds. The number of sulfonamides is 1. The van der Waals surface area contributed by atoms with E-state index in [9.17, 15) is 18.0 Å². The first kappa shape index (κ1) is 21.8.